The van der Waals surface area contributed by atoms with Gasteiger partial charge < -0.3 is 0 Å². The van der Waals surface area contributed by atoms with Crippen molar-refractivity contribution in [2.75, 3.05) is 0 Å². The lowest BCUT2D eigenvalue weighted by molar-refractivity contribution is 0.0531. The van der Waals surface area contributed by atoms with Crippen LogP contribution in [-0.4, -0.2) is 16.1 Å². The molecule has 2 nitrogen and oxygen atoms in total. The first-order valence-corrected chi connectivity index (χ1v) is 4.42. The number of pyridine rings is 1. The van der Waals surface area contributed by atoms with E-state index in [0.29, 0.717) is 0 Å². The lowest BCUT2D eigenvalue weighted by Gasteiger charge is -2.07. The van der Waals surface area contributed by atoms with Gasteiger partial charge in [-0.1, -0.05) is 0 Å². The summed E-state index contributed by atoms with van der Waals surface area (Å²) in [6, 6.07) is 0.832. The van der Waals surface area contributed by atoms with Crippen molar-refractivity contribution in [3.05, 3.63) is 28.2 Å². The quantitative estimate of drug-likeness (QED) is 0.476. The predicted octanol–water partition coefficient (Wildman–Crippen LogP) is 3.00. The van der Waals surface area contributed by atoms with E-state index >= 15 is 0 Å². The molecule has 0 aromatic carbocycles. The van der Waals surface area contributed by atoms with Crippen LogP contribution in [0.4, 0.5) is 13.2 Å². The van der Waals surface area contributed by atoms with E-state index in [-0.39, 0.29) is 4.60 Å². The number of ketones is 1. The van der Waals surface area contributed by atoms with E-state index in [1.165, 1.54) is 0 Å². The Kier molecular flexibility index (Phi) is 3.16. The standard InChI is InChI=1S/C7H2BrClF3NO/c8-6-4(10)3(1-2-13-6)5(14)7(9,11)12/h1-2H. The third-order valence-corrected chi connectivity index (χ3v) is 2.07. The first kappa shape index (κ1) is 11.5. The van der Waals surface area contributed by atoms with Gasteiger partial charge in [0.05, 0.1) is 5.56 Å². The molecule has 14 heavy (non-hydrogen) atoms. The Hall–Kier alpha value is -0.620. The molecule has 0 aliphatic heterocycles. The first-order valence-electron chi connectivity index (χ1n) is 3.25. The molecule has 0 N–H and O–H groups in total. The SMILES string of the molecule is O=C(c1ccnc(Br)c1F)C(F)(F)Cl. The van der Waals surface area contributed by atoms with Crippen LogP contribution >= 0.6 is 27.5 Å². The fraction of sp³-hybridized carbons (Fsp3) is 0.143. The second kappa shape index (κ2) is 3.86. The van der Waals surface area contributed by atoms with Gasteiger partial charge in [0.2, 0.25) is 0 Å². The molecule has 0 amide bonds. The average Bonchev–Trinajstić information content (AvgIpc) is 2.07. The second-order valence-corrected chi connectivity index (χ2v) is 3.52. The molecule has 0 aliphatic rings. The number of halogens is 5. The molecule has 0 radical (unpaired) electrons. The van der Waals surface area contributed by atoms with Crippen LogP contribution < -0.4 is 0 Å². The van der Waals surface area contributed by atoms with E-state index in [2.05, 4.69) is 32.5 Å². The second-order valence-electron chi connectivity index (χ2n) is 2.29. The number of hydrogen-bond acceptors (Lipinski definition) is 2. The summed E-state index contributed by atoms with van der Waals surface area (Å²) in [5.41, 5.74) is -0.799. The Morgan fingerprint density at radius 3 is 2.64 bits per heavy atom. The lowest BCUT2D eigenvalue weighted by atomic mass is 10.2. The number of carbonyl (C=O) groups excluding carboxylic acids is 1. The fourth-order valence-electron chi connectivity index (χ4n) is 0.746. The Bertz CT molecular complexity index is 380. The Labute approximate surface area is 90.2 Å². The zero-order valence-corrected chi connectivity index (χ0v) is 8.74. The number of alkyl halides is 3. The van der Waals surface area contributed by atoms with Gasteiger partial charge in [-0.05, 0) is 33.6 Å². The minimum absolute atomic E-state index is 0.315. The molecule has 1 aromatic rings. The Morgan fingerprint density at radius 1 is 1.57 bits per heavy atom. The molecule has 0 unspecified atom stereocenters. The van der Waals surface area contributed by atoms with Gasteiger partial charge in [0.15, 0.2) is 5.82 Å². The van der Waals surface area contributed by atoms with E-state index in [1.54, 1.807) is 0 Å². The maximum atomic E-state index is 13.1. The highest BCUT2D eigenvalue weighted by atomic mass is 79.9. The van der Waals surface area contributed by atoms with Crippen molar-refractivity contribution in [3.63, 3.8) is 0 Å². The molecule has 0 fully saturated rings. The fourth-order valence-corrected chi connectivity index (χ4v) is 1.18. The monoisotopic (exact) mass is 287 g/mol. The third kappa shape index (κ3) is 2.24. The summed E-state index contributed by atoms with van der Waals surface area (Å²) >= 11 is 7.11. The van der Waals surface area contributed by atoms with Gasteiger partial charge in [-0.15, -0.1) is 0 Å². The van der Waals surface area contributed by atoms with Crippen LogP contribution in [-0.2, 0) is 0 Å². The molecule has 0 saturated carbocycles. The molecule has 1 heterocycles. The van der Waals surface area contributed by atoms with Crippen LogP contribution in [0.5, 0.6) is 0 Å². The number of hydrogen-bond donors (Lipinski definition) is 0. The zero-order chi connectivity index (χ0) is 10.9. The number of rotatable bonds is 2. The van der Waals surface area contributed by atoms with Crippen molar-refractivity contribution in [1.29, 1.82) is 0 Å². The van der Waals surface area contributed by atoms with E-state index in [0.717, 1.165) is 12.3 Å². The van der Waals surface area contributed by atoms with Crippen molar-refractivity contribution in [2.45, 2.75) is 5.38 Å². The normalized spacial score (nSPS) is 11.5. The van der Waals surface area contributed by atoms with E-state index in [1.807, 2.05) is 0 Å². The molecule has 1 aromatic heterocycles. The summed E-state index contributed by atoms with van der Waals surface area (Å²) in [4.78, 5) is 14.3. The molecule has 76 valence electrons. The highest BCUT2D eigenvalue weighted by Crippen LogP contribution is 2.27. The van der Waals surface area contributed by atoms with E-state index < -0.39 is 22.5 Å². The minimum atomic E-state index is -4.11. The molecular formula is C7H2BrClF3NO. The number of carbonyl (C=O) groups is 1. The lowest BCUT2D eigenvalue weighted by Crippen LogP contribution is -2.22. The smallest absolute Gasteiger partial charge is 0.286 e. The number of Topliss-reactive ketones (excluding diaryl/α,β-unsaturated/α-hetero) is 1. The largest absolute Gasteiger partial charge is 0.385 e. The Morgan fingerprint density at radius 2 is 2.14 bits per heavy atom. The molecule has 1 rings (SSSR count). The van der Waals surface area contributed by atoms with Crippen LogP contribution in [0.15, 0.2) is 16.9 Å². The molecular weight excluding hydrogens is 286 g/mol. The zero-order valence-electron chi connectivity index (χ0n) is 6.40. The summed E-state index contributed by atoms with van der Waals surface area (Å²) in [5.74, 6) is -2.95. The molecule has 0 spiro atoms. The van der Waals surface area contributed by atoms with Gasteiger partial charge in [0.1, 0.15) is 4.60 Å². The summed E-state index contributed by atoms with van der Waals surface area (Å²) in [6.45, 7) is 0. The molecule has 0 saturated heterocycles. The highest BCUT2D eigenvalue weighted by Gasteiger charge is 2.38. The average molecular weight is 288 g/mol. The van der Waals surface area contributed by atoms with Gasteiger partial charge in [-0.2, -0.15) is 8.78 Å². The van der Waals surface area contributed by atoms with Gasteiger partial charge in [-0.3, -0.25) is 4.79 Å². The van der Waals surface area contributed by atoms with Gasteiger partial charge in [0.25, 0.3) is 5.78 Å². The topological polar surface area (TPSA) is 30.0 Å². The van der Waals surface area contributed by atoms with Crippen molar-refractivity contribution in [2.24, 2.45) is 0 Å². The first-order chi connectivity index (χ1) is 6.34. The molecule has 0 aliphatic carbocycles. The summed E-state index contributed by atoms with van der Waals surface area (Å²) in [7, 11) is 0. The van der Waals surface area contributed by atoms with Crippen LogP contribution in [0, 0.1) is 5.82 Å². The minimum Gasteiger partial charge on any atom is -0.286 e. The summed E-state index contributed by atoms with van der Waals surface area (Å²) in [5, 5.41) is -4.11. The van der Waals surface area contributed by atoms with E-state index in [9.17, 15) is 18.0 Å². The maximum absolute atomic E-state index is 13.1. The molecule has 7 heteroatoms. The van der Waals surface area contributed by atoms with E-state index in [4.69, 9.17) is 0 Å². The summed E-state index contributed by atoms with van der Waals surface area (Å²) in [6.07, 6.45) is 1.02. The molecule has 0 atom stereocenters. The third-order valence-electron chi connectivity index (χ3n) is 1.35. The van der Waals surface area contributed by atoms with Crippen LogP contribution in [0.1, 0.15) is 10.4 Å². The number of aromatic nitrogens is 1. The molecule has 0 bridgehead atoms. The van der Waals surface area contributed by atoms with Crippen molar-refractivity contribution >= 4 is 33.3 Å². The number of nitrogens with zero attached hydrogens (tertiary/aromatic N) is 1. The summed E-state index contributed by atoms with van der Waals surface area (Å²) < 4.78 is 37.4. The van der Waals surface area contributed by atoms with Crippen LogP contribution in [0.2, 0.25) is 0 Å². The van der Waals surface area contributed by atoms with Crippen LogP contribution in [0.25, 0.3) is 0 Å². The van der Waals surface area contributed by atoms with Crippen molar-refractivity contribution in [3.8, 4) is 0 Å². The Balaban J connectivity index is 3.21. The van der Waals surface area contributed by atoms with Gasteiger partial charge >= 0.3 is 5.38 Å². The van der Waals surface area contributed by atoms with Crippen molar-refractivity contribution in [1.82, 2.24) is 4.98 Å². The predicted molar refractivity (Wildman–Crippen MR) is 47.0 cm³/mol. The van der Waals surface area contributed by atoms with Gasteiger partial charge in [-0.25, -0.2) is 9.37 Å². The van der Waals surface area contributed by atoms with Crippen molar-refractivity contribution < 1.29 is 18.0 Å². The maximum Gasteiger partial charge on any atom is 0.385 e. The highest BCUT2D eigenvalue weighted by molar-refractivity contribution is 9.10. The van der Waals surface area contributed by atoms with Gasteiger partial charge in [0, 0.05) is 6.20 Å². The van der Waals surface area contributed by atoms with Crippen LogP contribution in [0.3, 0.4) is 0 Å².